The van der Waals surface area contributed by atoms with Crippen molar-refractivity contribution in [2.45, 2.75) is 5.41 Å². The van der Waals surface area contributed by atoms with Crippen molar-refractivity contribution in [2.24, 2.45) is 0 Å². The highest BCUT2D eigenvalue weighted by Gasteiger charge is 2.48. The van der Waals surface area contributed by atoms with E-state index in [1.165, 1.54) is 121 Å². The third-order valence-electron chi connectivity index (χ3n) is 13.9. The van der Waals surface area contributed by atoms with E-state index >= 15 is 0 Å². The lowest BCUT2D eigenvalue weighted by Gasteiger charge is -2.35. The van der Waals surface area contributed by atoms with Gasteiger partial charge in [0.2, 0.25) is 0 Å². The van der Waals surface area contributed by atoms with Crippen molar-refractivity contribution in [3.8, 4) is 44.5 Å². The Morgan fingerprint density at radius 3 is 1.27 bits per heavy atom. The van der Waals surface area contributed by atoms with Gasteiger partial charge in [-0.3, -0.25) is 0 Å². The van der Waals surface area contributed by atoms with Gasteiger partial charge in [0.1, 0.15) is 0 Å². The van der Waals surface area contributed by atoms with E-state index in [9.17, 15) is 0 Å². The number of fused-ring (bicyclic) bond motifs is 11. The third kappa shape index (κ3) is 5.16. The average Bonchev–Trinajstić information content (AvgIpc) is 3.66. The second kappa shape index (κ2) is 14.0. The molecule has 292 valence electrons. The molecule has 0 spiro atoms. The van der Waals surface area contributed by atoms with Crippen molar-refractivity contribution in [2.75, 3.05) is 0 Å². The van der Waals surface area contributed by atoms with Crippen LogP contribution in [0.1, 0.15) is 22.3 Å². The normalized spacial score (nSPS) is 12.9. The number of hydrogen-bond donors (Lipinski definition) is 0. The second-order valence-electron chi connectivity index (χ2n) is 17.0. The maximum absolute atomic E-state index is 2.53. The molecule has 0 saturated heterocycles. The van der Waals surface area contributed by atoms with Crippen molar-refractivity contribution in [3.05, 3.63) is 265 Å². The van der Waals surface area contributed by atoms with E-state index in [-0.39, 0.29) is 0 Å². The average molecular weight is 797 g/mol. The molecule has 0 heteroatoms. The quantitative estimate of drug-likeness (QED) is 0.120. The second-order valence-corrected chi connectivity index (χ2v) is 17.0. The van der Waals surface area contributed by atoms with Crippen LogP contribution >= 0.6 is 0 Å². The molecule has 63 heavy (non-hydrogen) atoms. The Morgan fingerprint density at radius 1 is 0.238 bits per heavy atom. The van der Waals surface area contributed by atoms with Crippen molar-refractivity contribution >= 4 is 53.9 Å². The molecule has 13 rings (SSSR count). The molecule has 0 aromatic heterocycles. The van der Waals surface area contributed by atoms with Gasteiger partial charge in [-0.1, -0.05) is 224 Å². The van der Waals surface area contributed by atoms with E-state index in [0.717, 1.165) is 0 Å². The molecule has 0 heterocycles. The molecular formula is C63H40. The Balaban J connectivity index is 1.12. The van der Waals surface area contributed by atoms with Gasteiger partial charge in [-0.25, -0.2) is 0 Å². The molecule has 1 aliphatic carbocycles. The molecule has 0 fully saturated rings. The molecule has 0 N–H and O–H groups in total. The lowest BCUT2D eigenvalue weighted by Crippen LogP contribution is -2.28. The van der Waals surface area contributed by atoms with E-state index in [0.29, 0.717) is 0 Å². The number of benzene rings is 12. The Labute approximate surface area is 367 Å². The minimum atomic E-state index is -0.561. The van der Waals surface area contributed by atoms with Gasteiger partial charge in [0, 0.05) is 0 Å². The van der Waals surface area contributed by atoms with E-state index < -0.39 is 5.41 Å². The lowest BCUT2D eigenvalue weighted by atomic mass is 9.66. The summed E-state index contributed by atoms with van der Waals surface area (Å²) >= 11 is 0. The molecule has 12 aromatic rings. The predicted molar refractivity (Wildman–Crippen MR) is 268 cm³/mol. The molecule has 0 saturated carbocycles. The third-order valence-corrected chi connectivity index (χ3v) is 13.9. The maximum Gasteiger partial charge on any atom is 0.0720 e. The first-order chi connectivity index (χ1) is 31.3. The largest absolute Gasteiger partial charge is 0.0720 e. The smallest absolute Gasteiger partial charge is 0.0622 e. The Morgan fingerprint density at radius 2 is 0.683 bits per heavy atom. The summed E-state index contributed by atoms with van der Waals surface area (Å²) in [6, 6.07) is 90.5. The fourth-order valence-electron chi connectivity index (χ4n) is 11.4. The molecule has 0 aliphatic heterocycles. The monoisotopic (exact) mass is 796 g/mol. The van der Waals surface area contributed by atoms with E-state index in [1.54, 1.807) is 0 Å². The van der Waals surface area contributed by atoms with Gasteiger partial charge in [-0.05, 0) is 139 Å². The summed E-state index contributed by atoms with van der Waals surface area (Å²) in [4.78, 5) is 0. The van der Waals surface area contributed by atoms with Gasteiger partial charge in [0.15, 0.2) is 0 Å². The predicted octanol–water partition coefficient (Wildman–Crippen LogP) is 16.8. The van der Waals surface area contributed by atoms with Crippen LogP contribution in [-0.4, -0.2) is 0 Å². The maximum atomic E-state index is 2.53. The first-order valence-electron chi connectivity index (χ1n) is 22.0. The fourth-order valence-corrected chi connectivity index (χ4v) is 11.4. The fraction of sp³-hybridized carbons (Fsp3) is 0.0159. The highest BCUT2D eigenvalue weighted by atomic mass is 14.5. The molecule has 12 aromatic carbocycles. The summed E-state index contributed by atoms with van der Waals surface area (Å²) in [5, 5.41) is 12.7. The van der Waals surface area contributed by atoms with Crippen molar-refractivity contribution in [3.63, 3.8) is 0 Å². The van der Waals surface area contributed by atoms with Crippen LogP contribution in [0.2, 0.25) is 0 Å². The zero-order valence-corrected chi connectivity index (χ0v) is 34.6. The van der Waals surface area contributed by atoms with Gasteiger partial charge in [-0.15, -0.1) is 0 Å². The van der Waals surface area contributed by atoms with Crippen LogP contribution < -0.4 is 0 Å². The van der Waals surface area contributed by atoms with Crippen LogP contribution in [-0.2, 0) is 5.41 Å². The van der Waals surface area contributed by atoms with E-state index in [1.807, 2.05) is 0 Å². The summed E-state index contributed by atoms with van der Waals surface area (Å²) in [5.74, 6) is 0. The zero-order valence-electron chi connectivity index (χ0n) is 34.6. The highest BCUT2D eigenvalue weighted by Crippen LogP contribution is 2.61. The van der Waals surface area contributed by atoms with Gasteiger partial charge < -0.3 is 0 Å². The van der Waals surface area contributed by atoms with Crippen LogP contribution in [0, 0.1) is 0 Å². The van der Waals surface area contributed by atoms with E-state index in [2.05, 4.69) is 243 Å². The van der Waals surface area contributed by atoms with Gasteiger partial charge >= 0.3 is 0 Å². The molecule has 0 unspecified atom stereocenters. The zero-order chi connectivity index (χ0) is 41.5. The lowest BCUT2D eigenvalue weighted by molar-refractivity contribution is 0.777. The molecule has 0 nitrogen and oxygen atoms in total. The molecule has 0 amide bonds. The standard InChI is InChI=1S/C63H40/c1-4-20-41(21-5-1)47-26-10-13-29-50(47)60-54-33-17-15-31-52(54)59(53-32-16-18-34-55(53)60)43-37-36-42-39-57-58(40-44(42)38-43)63(45-22-6-2-7-23-45,46-24-8-3-9-25-46)62-56-35-19-12-28-49(56)48-27-11-14-30-51(48)61(57)62/h1-40H. The molecule has 0 radical (unpaired) electrons. The van der Waals surface area contributed by atoms with Crippen molar-refractivity contribution < 1.29 is 0 Å². The molecular weight excluding hydrogens is 757 g/mol. The summed E-state index contributed by atoms with van der Waals surface area (Å²) < 4.78 is 0. The summed E-state index contributed by atoms with van der Waals surface area (Å²) in [7, 11) is 0. The Hall–Kier alpha value is -8.06. The van der Waals surface area contributed by atoms with Crippen LogP contribution in [0.3, 0.4) is 0 Å². The topological polar surface area (TPSA) is 0 Å². The summed E-state index contributed by atoms with van der Waals surface area (Å²) in [6.45, 7) is 0. The van der Waals surface area contributed by atoms with Crippen LogP contribution in [0.4, 0.5) is 0 Å². The summed E-state index contributed by atoms with van der Waals surface area (Å²) in [6.07, 6.45) is 0. The number of hydrogen-bond acceptors (Lipinski definition) is 0. The summed E-state index contributed by atoms with van der Waals surface area (Å²) in [5.41, 5.74) is 14.8. The van der Waals surface area contributed by atoms with Gasteiger partial charge in [0.25, 0.3) is 0 Å². The van der Waals surface area contributed by atoms with Gasteiger partial charge in [0.05, 0.1) is 5.41 Å². The molecule has 0 bridgehead atoms. The van der Waals surface area contributed by atoms with Gasteiger partial charge in [-0.2, -0.15) is 0 Å². The first-order valence-corrected chi connectivity index (χ1v) is 22.0. The molecule has 1 aliphatic rings. The highest BCUT2D eigenvalue weighted by molar-refractivity contribution is 6.23. The van der Waals surface area contributed by atoms with Crippen LogP contribution in [0.15, 0.2) is 243 Å². The SMILES string of the molecule is c1ccc(-c2ccccc2-c2c3ccccc3c(-c3ccc4cc5c(cc4c3)C(c3ccccc3)(c3ccccc3)c3c-5c4ccccc4c4ccccc34)c3ccccc23)cc1. The Bertz CT molecular complexity index is 3670. The minimum Gasteiger partial charge on any atom is -0.0622 e. The van der Waals surface area contributed by atoms with E-state index in [4.69, 9.17) is 0 Å². The Kier molecular flexibility index (Phi) is 7.92. The van der Waals surface area contributed by atoms with Crippen molar-refractivity contribution in [1.82, 2.24) is 0 Å². The first kappa shape index (κ1) is 35.7. The van der Waals surface area contributed by atoms with Crippen molar-refractivity contribution in [1.29, 1.82) is 0 Å². The number of rotatable bonds is 5. The minimum absolute atomic E-state index is 0.561. The molecule has 0 atom stereocenters. The van der Waals surface area contributed by atoms with Crippen LogP contribution in [0.5, 0.6) is 0 Å². The van der Waals surface area contributed by atoms with Crippen LogP contribution in [0.25, 0.3) is 98.4 Å².